The van der Waals surface area contributed by atoms with Crippen LogP contribution in [0.1, 0.15) is 22.3 Å². The smallest absolute Gasteiger partial charge is 0.328 e. The molecule has 4 aromatic rings. The number of hydrogen-bond acceptors (Lipinski definition) is 4. The molecule has 5 heteroatoms. The van der Waals surface area contributed by atoms with Gasteiger partial charge in [-0.25, -0.2) is 4.79 Å². The number of aliphatic carboxylic acids is 1. The minimum absolute atomic E-state index is 0.326. The highest BCUT2D eigenvalue weighted by atomic mass is 16.5. The van der Waals surface area contributed by atoms with E-state index in [1.54, 1.807) is 12.1 Å². The molecule has 0 atom stereocenters. The van der Waals surface area contributed by atoms with Crippen LogP contribution in [0.15, 0.2) is 109 Å². The Morgan fingerprint density at radius 1 is 0.629 bits per heavy atom. The van der Waals surface area contributed by atoms with Crippen molar-refractivity contribution >= 4 is 12.0 Å². The number of benzene rings is 4. The average Bonchev–Trinajstić information content (AvgIpc) is 2.90. The van der Waals surface area contributed by atoms with E-state index in [1.165, 1.54) is 6.08 Å². The van der Waals surface area contributed by atoms with Gasteiger partial charge in [-0.05, 0) is 40.5 Å². The largest absolute Gasteiger partial charge is 0.485 e. The zero-order chi connectivity index (χ0) is 24.3. The van der Waals surface area contributed by atoms with Crippen LogP contribution in [0.2, 0.25) is 0 Å². The van der Waals surface area contributed by atoms with Crippen molar-refractivity contribution in [3.05, 3.63) is 131 Å². The molecule has 176 valence electrons. The molecule has 0 spiro atoms. The Kier molecular flexibility index (Phi) is 8.17. The van der Waals surface area contributed by atoms with E-state index in [0.29, 0.717) is 42.6 Å². The number of carbonyl (C=O) groups is 1. The molecule has 0 amide bonds. The van der Waals surface area contributed by atoms with Gasteiger partial charge in [0.05, 0.1) is 0 Å². The summed E-state index contributed by atoms with van der Waals surface area (Å²) in [4.78, 5) is 11.1. The van der Waals surface area contributed by atoms with E-state index < -0.39 is 5.97 Å². The Bertz CT molecular complexity index is 1190. The molecule has 1 N–H and O–H groups in total. The Morgan fingerprint density at radius 3 is 1.43 bits per heavy atom. The molecule has 0 saturated carbocycles. The maximum atomic E-state index is 11.1. The van der Waals surface area contributed by atoms with E-state index in [9.17, 15) is 4.79 Å². The van der Waals surface area contributed by atoms with Crippen LogP contribution < -0.4 is 14.2 Å². The highest BCUT2D eigenvalue weighted by molar-refractivity contribution is 5.85. The zero-order valence-corrected chi connectivity index (χ0v) is 19.2. The van der Waals surface area contributed by atoms with Gasteiger partial charge in [0, 0.05) is 6.08 Å². The molecule has 0 aliphatic carbocycles. The molecule has 0 aliphatic rings. The number of carboxylic acid groups (broad SMARTS) is 1. The van der Waals surface area contributed by atoms with Crippen molar-refractivity contribution in [2.75, 3.05) is 0 Å². The monoisotopic (exact) mass is 466 g/mol. The second kappa shape index (κ2) is 12.1. The fraction of sp³-hybridized carbons (Fsp3) is 0.100. The maximum Gasteiger partial charge on any atom is 0.328 e. The molecule has 35 heavy (non-hydrogen) atoms. The van der Waals surface area contributed by atoms with E-state index in [2.05, 4.69) is 0 Å². The Labute approximate surface area is 204 Å². The van der Waals surface area contributed by atoms with E-state index >= 15 is 0 Å². The predicted octanol–water partition coefficient (Wildman–Crippen LogP) is 6.52. The first-order chi connectivity index (χ1) is 17.2. The fourth-order valence-corrected chi connectivity index (χ4v) is 3.42. The van der Waals surface area contributed by atoms with Gasteiger partial charge in [-0.1, -0.05) is 91.0 Å². The van der Waals surface area contributed by atoms with Gasteiger partial charge in [0.25, 0.3) is 0 Å². The van der Waals surface area contributed by atoms with Crippen LogP contribution in [-0.2, 0) is 24.6 Å². The van der Waals surface area contributed by atoms with Crippen molar-refractivity contribution in [2.45, 2.75) is 19.8 Å². The van der Waals surface area contributed by atoms with E-state index in [-0.39, 0.29) is 0 Å². The van der Waals surface area contributed by atoms with E-state index in [1.807, 2.05) is 91.0 Å². The third-order valence-corrected chi connectivity index (χ3v) is 5.16. The minimum atomic E-state index is -1.03. The molecule has 5 nitrogen and oxygen atoms in total. The molecular formula is C30H26O5. The predicted molar refractivity (Wildman–Crippen MR) is 135 cm³/mol. The molecule has 4 rings (SSSR count). The molecule has 0 aliphatic heterocycles. The summed E-state index contributed by atoms with van der Waals surface area (Å²) in [7, 11) is 0. The van der Waals surface area contributed by atoms with Gasteiger partial charge in [0.1, 0.15) is 19.8 Å². The van der Waals surface area contributed by atoms with Crippen molar-refractivity contribution < 1.29 is 24.1 Å². The maximum absolute atomic E-state index is 11.1. The molecular weight excluding hydrogens is 440 g/mol. The van der Waals surface area contributed by atoms with Crippen LogP contribution in [0.4, 0.5) is 0 Å². The quantitative estimate of drug-likeness (QED) is 0.255. The van der Waals surface area contributed by atoms with Gasteiger partial charge >= 0.3 is 5.97 Å². The van der Waals surface area contributed by atoms with Crippen molar-refractivity contribution in [1.29, 1.82) is 0 Å². The second-order valence-corrected chi connectivity index (χ2v) is 7.84. The summed E-state index contributed by atoms with van der Waals surface area (Å²) < 4.78 is 18.6. The van der Waals surface area contributed by atoms with Gasteiger partial charge in [0.15, 0.2) is 11.5 Å². The van der Waals surface area contributed by atoms with Crippen molar-refractivity contribution in [3.8, 4) is 17.2 Å². The summed E-state index contributed by atoms with van der Waals surface area (Å²) >= 11 is 0. The Balaban J connectivity index is 1.68. The van der Waals surface area contributed by atoms with Crippen molar-refractivity contribution in [2.24, 2.45) is 0 Å². The lowest BCUT2D eigenvalue weighted by Gasteiger charge is -2.18. The van der Waals surface area contributed by atoms with Crippen LogP contribution in [0.25, 0.3) is 6.08 Å². The molecule has 0 heterocycles. The highest BCUT2D eigenvalue weighted by Gasteiger charge is 2.16. The van der Waals surface area contributed by atoms with Gasteiger partial charge < -0.3 is 19.3 Å². The third kappa shape index (κ3) is 7.24. The Morgan fingerprint density at radius 2 is 1.03 bits per heavy atom. The van der Waals surface area contributed by atoms with E-state index in [0.717, 1.165) is 22.8 Å². The number of rotatable bonds is 11. The average molecular weight is 467 g/mol. The Hall–Kier alpha value is -4.51. The third-order valence-electron chi connectivity index (χ3n) is 5.16. The standard InChI is InChI=1S/C30H26O5/c31-29(32)17-16-26-18-27(33-20-23-10-4-1-5-11-23)30(35-22-25-14-8-3-9-15-25)28(19-26)34-21-24-12-6-2-7-13-24/h1-19H,20-22H2,(H,31,32)/b17-16+. The molecule has 4 aromatic carbocycles. The number of carboxylic acids is 1. The highest BCUT2D eigenvalue weighted by Crippen LogP contribution is 2.40. The molecule has 0 radical (unpaired) electrons. The number of ether oxygens (including phenoxy) is 3. The minimum Gasteiger partial charge on any atom is -0.485 e. The van der Waals surface area contributed by atoms with Crippen molar-refractivity contribution in [3.63, 3.8) is 0 Å². The first kappa shape index (κ1) is 23.6. The van der Waals surface area contributed by atoms with Gasteiger partial charge in [-0.15, -0.1) is 0 Å². The first-order valence-electron chi connectivity index (χ1n) is 11.3. The molecule has 0 aromatic heterocycles. The van der Waals surface area contributed by atoms with Gasteiger partial charge in [0.2, 0.25) is 5.75 Å². The van der Waals surface area contributed by atoms with Gasteiger partial charge in [-0.3, -0.25) is 0 Å². The van der Waals surface area contributed by atoms with Crippen LogP contribution in [0, 0.1) is 0 Å². The van der Waals surface area contributed by atoms with E-state index in [4.69, 9.17) is 19.3 Å². The SMILES string of the molecule is O=C(O)/C=C/c1cc(OCc2ccccc2)c(OCc2ccccc2)c(OCc2ccccc2)c1. The molecule has 0 fully saturated rings. The zero-order valence-electron chi connectivity index (χ0n) is 19.2. The summed E-state index contributed by atoms with van der Waals surface area (Å²) in [6.45, 7) is 0.980. The van der Waals surface area contributed by atoms with Crippen LogP contribution in [0.5, 0.6) is 17.2 Å². The summed E-state index contributed by atoms with van der Waals surface area (Å²) in [5.74, 6) is 0.377. The molecule has 0 bridgehead atoms. The van der Waals surface area contributed by atoms with Crippen LogP contribution in [-0.4, -0.2) is 11.1 Å². The lowest BCUT2D eigenvalue weighted by atomic mass is 10.1. The summed E-state index contributed by atoms with van der Waals surface area (Å²) in [6.07, 6.45) is 2.59. The normalized spacial score (nSPS) is 10.7. The second-order valence-electron chi connectivity index (χ2n) is 7.84. The van der Waals surface area contributed by atoms with Gasteiger partial charge in [-0.2, -0.15) is 0 Å². The lowest BCUT2D eigenvalue weighted by molar-refractivity contribution is -0.131. The summed E-state index contributed by atoms with van der Waals surface area (Å²) in [5.41, 5.74) is 3.63. The van der Waals surface area contributed by atoms with Crippen LogP contribution in [0.3, 0.4) is 0 Å². The van der Waals surface area contributed by atoms with Crippen molar-refractivity contribution in [1.82, 2.24) is 0 Å². The lowest BCUT2D eigenvalue weighted by Crippen LogP contribution is -2.04. The summed E-state index contributed by atoms with van der Waals surface area (Å²) in [6, 6.07) is 33.0. The molecule has 0 unspecified atom stereocenters. The van der Waals surface area contributed by atoms with Crippen LogP contribution >= 0.6 is 0 Å². The fourth-order valence-electron chi connectivity index (χ4n) is 3.42. The summed E-state index contributed by atoms with van der Waals surface area (Å²) in [5, 5.41) is 9.11. The topological polar surface area (TPSA) is 65.0 Å². The number of hydrogen-bond donors (Lipinski definition) is 1. The first-order valence-corrected chi connectivity index (χ1v) is 11.3. The molecule has 0 saturated heterocycles.